The second-order valence-corrected chi connectivity index (χ2v) is 20.5. The van der Waals surface area contributed by atoms with E-state index in [1.807, 2.05) is 6.92 Å². The van der Waals surface area contributed by atoms with Crippen LogP contribution in [0.5, 0.6) is 0 Å². The molecule has 7 nitrogen and oxygen atoms in total. The minimum Gasteiger partial charge on any atom is -0.460 e. The summed E-state index contributed by atoms with van der Waals surface area (Å²) < 4.78 is 21.0. The van der Waals surface area contributed by atoms with Gasteiger partial charge >= 0.3 is 12.1 Å². The third-order valence-corrected chi connectivity index (χ3v) is 11.9. The first-order valence-electron chi connectivity index (χ1n) is 13.2. The molecule has 0 spiro atoms. The Bertz CT molecular complexity index is 855. The first-order chi connectivity index (χ1) is 17.2. The van der Waals surface area contributed by atoms with E-state index in [0.717, 1.165) is 0 Å². The first-order valence-corrected chi connectivity index (χ1v) is 17.2. The smallest absolute Gasteiger partial charge is 0.460 e. The van der Waals surface area contributed by atoms with Crippen LogP contribution in [-0.4, -0.2) is 54.4 Å². The molecule has 0 heterocycles. The topological polar surface area (TPSA) is 88.1 Å². The lowest BCUT2D eigenvalue weighted by Gasteiger charge is -2.44. The van der Waals surface area contributed by atoms with Crippen molar-refractivity contribution in [3.8, 4) is 0 Å². The summed E-state index contributed by atoms with van der Waals surface area (Å²) in [6.45, 7) is 26.1. The van der Waals surface area contributed by atoms with E-state index < -0.39 is 60.0 Å². The Morgan fingerprint density at radius 2 is 1.46 bits per heavy atom. The van der Waals surface area contributed by atoms with Gasteiger partial charge in [-0.05, 0) is 51.2 Å². The zero-order valence-electron chi connectivity index (χ0n) is 25.7. The van der Waals surface area contributed by atoms with E-state index in [2.05, 4.69) is 40.4 Å². The molecule has 0 aliphatic heterocycles. The summed E-state index contributed by atoms with van der Waals surface area (Å²) in [6, 6.07) is 0. The van der Waals surface area contributed by atoms with Gasteiger partial charge in [0, 0.05) is 5.41 Å². The molecule has 0 unspecified atom stereocenters. The SMILES string of the molecule is C=CC[C@H](C)[C@@H](OC(=O)OCC(Cl)(Cl)Cl)[C@H](C)C(=O)C(C)(C)[C@H](CC(=O)OC(C)(C)C)O[Si](C)(C)C(C)(C)C. The molecule has 11 heteroatoms. The number of ether oxygens (including phenoxy) is 3. The molecule has 0 aliphatic rings. The number of esters is 1. The zero-order valence-corrected chi connectivity index (χ0v) is 29.0. The van der Waals surface area contributed by atoms with Crippen molar-refractivity contribution in [2.75, 3.05) is 6.61 Å². The van der Waals surface area contributed by atoms with Gasteiger partial charge in [-0.1, -0.05) is 89.3 Å². The number of ketones is 1. The predicted octanol–water partition coefficient (Wildman–Crippen LogP) is 8.44. The van der Waals surface area contributed by atoms with Crippen LogP contribution < -0.4 is 0 Å². The number of hydrogen-bond acceptors (Lipinski definition) is 7. The Morgan fingerprint density at radius 3 is 1.87 bits per heavy atom. The maximum Gasteiger partial charge on any atom is 0.508 e. The van der Waals surface area contributed by atoms with Crippen LogP contribution in [0.2, 0.25) is 18.1 Å². The van der Waals surface area contributed by atoms with Gasteiger partial charge in [0.1, 0.15) is 24.1 Å². The van der Waals surface area contributed by atoms with E-state index in [1.165, 1.54) is 0 Å². The van der Waals surface area contributed by atoms with Crippen LogP contribution in [-0.2, 0) is 28.2 Å². The van der Waals surface area contributed by atoms with Crippen LogP contribution >= 0.6 is 34.8 Å². The monoisotopic (exact) mass is 630 g/mol. The Balaban J connectivity index is 6.28. The largest absolute Gasteiger partial charge is 0.508 e. The van der Waals surface area contributed by atoms with Gasteiger partial charge in [-0.3, -0.25) is 9.59 Å². The quantitative estimate of drug-likeness (QED) is 0.0872. The standard InChI is InChI=1S/C28H49Cl3O7Si/c1-14-15-18(2)22(36-24(34)35-17-28(29,30)31)19(3)23(33)27(10,11)20(16-21(32)37-25(4,5)6)38-39(12,13)26(7,8)9/h14,18-20,22H,1,15-17H2,2-13H3/t18-,19-,20-,22+/m0/s1. The number of hydrogen-bond donors (Lipinski definition) is 0. The number of allylic oxidation sites excluding steroid dienone is 1. The number of rotatable bonds is 13. The van der Waals surface area contributed by atoms with E-state index in [-0.39, 0.29) is 23.2 Å². The van der Waals surface area contributed by atoms with Crippen molar-refractivity contribution in [3.63, 3.8) is 0 Å². The molecule has 0 amide bonds. The zero-order chi connectivity index (χ0) is 31.2. The van der Waals surface area contributed by atoms with E-state index in [4.69, 9.17) is 53.4 Å². The van der Waals surface area contributed by atoms with Crippen molar-refractivity contribution in [1.29, 1.82) is 0 Å². The van der Waals surface area contributed by atoms with Crippen LogP contribution in [0.15, 0.2) is 12.7 Å². The minimum absolute atomic E-state index is 0.103. The molecule has 0 rings (SSSR count). The predicted molar refractivity (Wildman–Crippen MR) is 161 cm³/mol. The average Bonchev–Trinajstić information content (AvgIpc) is 2.71. The molecule has 0 N–H and O–H groups in total. The van der Waals surface area contributed by atoms with Crippen molar-refractivity contribution in [2.45, 2.75) is 122 Å². The molecule has 0 aromatic rings. The molecule has 0 radical (unpaired) electrons. The Morgan fingerprint density at radius 1 is 0.949 bits per heavy atom. The summed E-state index contributed by atoms with van der Waals surface area (Å²) in [5, 5.41) is -0.166. The molecule has 0 aromatic heterocycles. The van der Waals surface area contributed by atoms with Crippen LogP contribution in [0.1, 0.15) is 82.1 Å². The number of alkyl halides is 3. The second kappa shape index (κ2) is 14.4. The Kier molecular flexibility index (Phi) is 14.1. The highest BCUT2D eigenvalue weighted by molar-refractivity contribution is 6.74. The summed E-state index contributed by atoms with van der Waals surface area (Å²) in [5.74, 6) is -1.74. The molecular weight excluding hydrogens is 583 g/mol. The van der Waals surface area contributed by atoms with Crippen molar-refractivity contribution in [3.05, 3.63) is 12.7 Å². The highest BCUT2D eigenvalue weighted by atomic mass is 35.6. The summed E-state index contributed by atoms with van der Waals surface area (Å²) in [5.41, 5.74) is -1.82. The van der Waals surface area contributed by atoms with Gasteiger partial charge in [-0.2, -0.15) is 0 Å². The maximum absolute atomic E-state index is 14.1. The summed E-state index contributed by atoms with van der Waals surface area (Å²) in [7, 11) is -2.42. The fourth-order valence-corrected chi connectivity index (χ4v) is 5.41. The highest BCUT2D eigenvalue weighted by Crippen LogP contribution is 2.42. The molecule has 0 saturated heterocycles. The number of carbonyl (C=O) groups is 3. The molecule has 0 aromatic carbocycles. The van der Waals surface area contributed by atoms with Gasteiger partial charge in [0.05, 0.1) is 18.4 Å². The summed E-state index contributed by atoms with van der Waals surface area (Å²) in [4.78, 5) is 39.5. The van der Waals surface area contributed by atoms with Gasteiger partial charge in [0.2, 0.25) is 3.79 Å². The average molecular weight is 632 g/mol. The summed E-state index contributed by atoms with van der Waals surface area (Å²) in [6.07, 6.45) is -0.636. The lowest BCUT2D eigenvalue weighted by atomic mass is 9.73. The van der Waals surface area contributed by atoms with E-state index >= 15 is 0 Å². The fourth-order valence-electron chi connectivity index (χ4n) is 3.80. The van der Waals surface area contributed by atoms with Gasteiger partial charge in [0.15, 0.2) is 8.32 Å². The Labute approximate surface area is 251 Å². The second-order valence-electron chi connectivity index (χ2n) is 13.3. The molecule has 0 fully saturated rings. The van der Waals surface area contributed by atoms with Gasteiger partial charge in [-0.25, -0.2) is 4.79 Å². The third-order valence-electron chi connectivity index (χ3n) is 7.05. The van der Waals surface area contributed by atoms with Gasteiger partial charge < -0.3 is 18.6 Å². The highest BCUT2D eigenvalue weighted by Gasteiger charge is 2.49. The molecule has 0 bridgehead atoms. The Hall–Kier alpha value is -0.803. The maximum atomic E-state index is 14.1. The minimum atomic E-state index is -2.42. The van der Waals surface area contributed by atoms with Crippen molar-refractivity contribution < 1.29 is 33.0 Å². The van der Waals surface area contributed by atoms with E-state index in [9.17, 15) is 14.4 Å². The molecule has 228 valence electrons. The normalized spacial score (nSPS) is 16.5. The molecule has 0 saturated carbocycles. The van der Waals surface area contributed by atoms with Gasteiger partial charge in [-0.15, -0.1) is 6.58 Å². The fraction of sp³-hybridized carbons (Fsp3) is 0.821. The van der Waals surface area contributed by atoms with Gasteiger partial charge in [0.25, 0.3) is 0 Å². The summed E-state index contributed by atoms with van der Waals surface area (Å²) >= 11 is 17.0. The number of halogens is 3. The first kappa shape index (κ1) is 38.2. The van der Waals surface area contributed by atoms with Crippen molar-refractivity contribution in [1.82, 2.24) is 0 Å². The van der Waals surface area contributed by atoms with Crippen LogP contribution in [0.4, 0.5) is 4.79 Å². The lowest BCUT2D eigenvalue weighted by molar-refractivity contribution is -0.160. The molecule has 0 aliphatic carbocycles. The van der Waals surface area contributed by atoms with Crippen LogP contribution in [0.25, 0.3) is 0 Å². The van der Waals surface area contributed by atoms with Crippen LogP contribution in [0, 0.1) is 17.3 Å². The van der Waals surface area contributed by atoms with Crippen molar-refractivity contribution >= 4 is 61.0 Å². The lowest BCUT2D eigenvalue weighted by Crippen LogP contribution is -2.53. The molecular formula is C28H49Cl3O7Si. The van der Waals surface area contributed by atoms with E-state index in [0.29, 0.717) is 6.42 Å². The van der Waals surface area contributed by atoms with Crippen LogP contribution in [0.3, 0.4) is 0 Å². The third kappa shape index (κ3) is 13.1. The molecule has 4 atom stereocenters. The number of carbonyl (C=O) groups excluding carboxylic acids is 3. The van der Waals surface area contributed by atoms with E-state index in [1.54, 1.807) is 47.6 Å². The van der Waals surface area contributed by atoms with Crippen molar-refractivity contribution in [2.24, 2.45) is 17.3 Å². The number of Topliss-reactive ketones (excluding diaryl/α,β-unsaturated/α-hetero) is 1. The molecule has 39 heavy (non-hydrogen) atoms.